The van der Waals surface area contributed by atoms with Gasteiger partial charge in [-0.25, -0.2) is 9.59 Å². The topological polar surface area (TPSA) is 77.1 Å². The molecule has 2 saturated heterocycles. The van der Waals surface area contributed by atoms with E-state index in [1.165, 1.54) is 5.56 Å². The van der Waals surface area contributed by atoms with Gasteiger partial charge in [-0.3, -0.25) is 0 Å². The zero-order valence-electron chi connectivity index (χ0n) is 19.4. The van der Waals surface area contributed by atoms with Crippen molar-refractivity contribution in [2.75, 3.05) is 19.8 Å². The average Bonchev–Trinajstić information content (AvgIpc) is 3.44. The Balaban J connectivity index is 1.20. The summed E-state index contributed by atoms with van der Waals surface area (Å²) < 4.78 is 17.2. The van der Waals surface area contributed by atoms with Gasteiger partial charge in [0.2, 0.25) is 0 Å². The minimum absolute atomic E-state index is 0.151. The van der Waals surface area contributed by atoms with Gasteiger partial charge >= 0.3 is 12.2 Å². The summed E-state index contributed by atoms with van der Waals surface area (Å²) in [5, 5.41) is 2.96. The summed E-state index contributed by atoms with van der Waals surface area (Å²) in [4.78, 5) is 26.6. The molecule has 2 aliphatic heterocycles. The fourth-order valence-electron chi connectivity index (χ4n) is 5.51. The highest BCUT2D eigenvalue weighted by molar-refractivity contribution is 5.73. The molecular weight excluding hydrogens is 432 g/mol. The predicted octanol–water partition coefficient (Wildman–Crippen LogP) is 4.62. The van der Waals surface area contributed by atoms with Crippen LogP contribution in [0.2, 0.25) is 0 Å². The molecule has 2 heterocycles. The van der Waals surface area contributed by atoms with Crippen LogP contribution in [0.15, 0.2) is 60.7 Å². The number of nitrogens with one attached hydrogen (secondary N) is 1. The van der Waals surface area contributed by atoms with Gasteiger partial charge in [-0.15, -0.1) is 0 Å². The summed E-state index contributed by atoms with van der Waals surface area (Å²) in [6.45, 7) is 1.29. The van der Waals surface area contributed by atoms with Crippen molar-refractivity contribution in [2.45, 2.75) is 62.3 Å². The van der Waals surface area contributed by atoms with Crippen molar-refractivity contribution in [3.63, 3.8) is 0 Å². The van der Waals surface area contributed by atoms with Crippen LogP contribution < -0.4 is 5.32 Å². The number of rotatable bonds is 6. The second kappa shape index (κ2) is 10.1. The van der Waals surface area contributed by atoms with Gasteiger partial charge in [0.05, 0.1) is 18.8 Å². The first-order valence-corrected chi connectivity index (χ1v) is 12.2. The average molecular weight is 465 g/mol. The molecule has 2 aromatic carbocycles. The predicted molar refractivity (Wildman–Crippen MR) is 126 cm³/mol. The fraction of sp³-hybridized carbons (Fsp3) is 0.481. The molecule has 2 aromatic rings. The molecule has 1 aliphatic carbocycles. The molecule has 0 radical (unpaired) electrons. The lowest BCUT2D eigenvalue weighted by Crippen LogP contribution is -2.57. The van der Waals surface area contributed by atoms with E-state index in [0.717, 1.165) is 31.2 Å². The Morgan fingerprint density at radius 2 is 1.74 bits per heavy atom. The fourth-order valence-corrected chi connectivity index (χ4v) is 5.51. The summed E-state index contributed by atoms with van der Waals surface area (Å²) in [6.07, 6.45) is 4.10. The number of hydrogen-bond acceptors (Lipinski definition) is 5. The van der Waals surface area contributed by atoms with Crippen LogP contribution >= 0.6 is 0 Å². The summed E-state index contributed by atoms with van der Waals surface area (Å²) in [7, 11) is 0. The Labute approximate surface area is 200 Å². The Morgan fingerprint density at radius 3 is 2.41 bits per heavy atom. The largest absolute Gasteiger partial charge is 0.447 e. The van der Waals surface area contributed by atoms with Gasteiger partial charge in [-0.1, -0.05) is 60.7 Å². The molecular formula is C27H32N2O5. The van der Waals surface area contributed by atoms with Crippen molar-refractivity contribution >= 4 is 12.2 Å². The molecule has 1 spiro atoms. The summed E-state index contributed by atoms with van der Waals surface area (Å²) in [6, 6.07) is 20.0. The first-order valence-electron chi connectivity index (χ1n) is 12.2. The van der Waals surface area contributed by atoms with E-state index < -0.39 is 11.6 Å². The second-order valence-corrected chi connectivity index (χ2v) is 9.57. The molecule has 3 fully saturated rings. The zero-order valence-corrected chi connectivity index (χ0v) is 19.4. The van der Waals surface area contributed by atoms with Crippen molar-refractivity contribution in [1.82, 2.24) is 10.2 Å². The molecule has 2 atom stereocenters. The molecule has 7 heteroatoms. The molecule has 0 bridgehead atoms. The van der Waals surface area contributed by atoms with Crippen molar-refractivity contribution in [1.29, 1.82) is 0 Å². The monoisotopic (exact) mass is 464 g/mol. The Morgan fingerprint density at radius 1 is 1.03 bits per heavy atom. The summed E-state index contributed by atoms with van der Waals surface area (Å²) in [5.74, 6) is 0.575. The molecule has 0 aromatic heterocycles. The van der Waals surface area contributed by atoms with Crippen molar-refractivity contribution in [2.24, 2.45) is 0 Å². The van der Waals surface area contributed by atoms with E-state index in [-0.39, 0.29) is 31.5 Å². The maximum absolute atomic E-state index is 13.0. The third-order valence-electron chi connectivity index (χ3n) is 7.50. The number of amides is 2. The first-order chi connectivity index (χ1) is 16.6. The Bertz CT molecular complexity index is 977. The van der Waals surface area contributed by atoms with E-state index in [9.17, 15) is 9.59 Å². The van der Waals surface area contributed by atoms with Gasteiger partial charge in [-0.05, 0) is 49.1 Å². The molecule has 2 amide bonds. The van der Waals surface area contributed by atoms with E-state index in [4.69, 9.17) is 14.2 Å². The lowest BCUT2D eigenvalue weighted by molar-refractivity contribution is -0.0176. The summed E-state index contributed by atoms with van der Waals surface area (Å²) in [5.41, 5.74) is 1.71. The third-order valence-corrected chi connectivity index (χ3v) is 7.50. The maximum atomic E-state index is 13.0. The van der Waals surface area contributed by atoms with Crippen LogP contribution in [-0.4, -0.2) is 54.5 Å². The van der Waals surface area contributed by atoms with Gasteiger partial charge in [0.25, 0.3) is 0 Å². The number of hydrogen-bond donors (Lipinski definition) is 1. The van der Waals surface area contributed by atoms with E-state index in [0.29, 0.717) is 25.5 Å². The first kappa shape index (κ1) is 22.7. The SMILES string of the molecule is O=C1NC2(CCN(C(=O)OCc3ccccc3)C2CO[C@H]2CC[C@@H](c3ccccc3)CC2)CO1. The van der Waals surface area contributed by atoms with Gasteiger partial charge in [0.15, 0.2) is 0 Å². The highest BCUT2D eigenvalue weighted by Gasteiger charge is 2.55. The molecule has 1 saturated carbocycles. The van der Waals surface area contributed by atoms with Crippen LogP contribution in [-0.2, 0) is 20.8 Å². The van der Waals surface area contributed by atoms with Crippen molar-refractivity contribution in [3.05, 3.63) is 71.8 Å². The number of benzene rings is 2. The number of alkyl carbamates (subject to hydrolysis) is 1. The quantitative estimate of drug-likeness (QED) is 0.675. The van der Waals surface area contributed by atoms with E-state index >= 15 is 0 Å². The number of carbonyl (C=O) groups excluding carboxylic acids is 2. The molecule has 7 nitrogen and oxygen atoms in total. The third kappa shape index (κ3) is 4.89. The Hall–Kier alpha value is -3.06. The van der Waals surface area contributed by atoms with Crippen LogP contribution in [0.3, 0.4) is 0 Å². The van der Waals surface area contributed by atoms with Crippen LogP contribution in [0.25, 0.3) is 0 Å². The van der Waals surface area contributed by atoms with Crippen molar-refractivity contribution < 1.29 is 23.8 Å². The lowest BCUT2D eigenvalue weighted by atomic mass is 9.82. The summed E-state index contributed by atoms with van der Waals surface area (Å²) >= 11 is 0. The van der Waals surface area contributed by atoms with E-state index in [1.807, 2.05) is 30.3 Å². The lowest BCUT2D eigenvalue weighted by Gasteiger charge is -2.35. The minimum atomic E-state index is -0.621. The Kier molecular flexibility index (Phi) is 6.72. The van der Waals surface area contributed by atoms with Crippen LogP contribution in [0, 0.1) is 0 Å². The maximum Gasteiger partial charge on any atom is 0.410 e. The second-order valence-electron chi connectivity index (χ2n) is 9.57. The van der Waals surface area contributed by atoms with Crippen molar-refractivity contribution in [3.8, 4) is 0 Å². The minimum Gasteiger partial charge on any atom is -0.447 e. The smallest absolute Gasteiger partial charge is 0.410 e. The van der Waals surface area contributed by atoms with Gasteiger partial charge in [0.1, 0.15) is 18.8 Å². The van der Waals surface area contributed by atoms with Crippen LogP contribution in [0.4, 0.5) is 9.59 Å². The standard InChI is InChI=1S/C27H32N2O5/c30-25-28-27(19-34-25)15-16-29(26(31)33-17-20-7-3-1-4-8-20)24(27)18-32-23-13-11-22(12-14-23)21-9-5-2-6-10-21/h1-10,22-24H,11-19H2,(H,28,30)/t22-,23+,24?,27?. The molecule has 34 heavy (non-hydrogen) atoms. The molecule has 1 N–H and O–H groups in total. The highest BCUT2D eigenvalue weighted by Crippen LogP contribution is 2.36. The van der Waals surface area contributed by atoms with Crippen LogP contribution in [0.1, 0.15) is 49.1 Å². The number of ether oxygens (including phenoxy) is 3. The van der Waals surface area contributed by atoms with Crippen LogP contribution in [0.5, 0.6) is 0 Å². The normalized spacial score (nSPS) is 28.5. The number of likely N-dealkylation sites (tertiary alicyclic amines) is 1. The van der Waals surface area contributed by atoms with Gasteiger partial charge in [0, 0.05) is 6.54 Å². The molecule has 2 unspecified atom stereocenters. The molecule has 180 valence electrons. The van der Waals surface area contributed by atoms with E-state index in [1.54, 1.807) is 4.90 Å². The van der Waals surface area contributed by atoms with Gasteiger partial charge in [-0.2, -0.15) is 0 Å². The number of cyclic esters (lactones) is 1. The zero-order chi connectivity index (χ0) is 23.4. The van der Waals surface area contributed by atoms with Gasteiger partial charge < -0.3 is 24.4 Å². The highest BCUT2D eigenvalue weighted by atomic mass is 16.6. The molecule has 3 aliphatic rings. The number of carbonyl (C=O) groups is 2. The number of nitrogens with zero attached hydrogens (tertiary/aromatic N) is 1. The molecule has 5 rings (SSSR count). The van der Waals surface area contributed by atoms with E-state index in [2.05, 4.69) is 35.6 Å².